The lowest BCUT2D eigenvalue weighted by molar-refractivity contribution is -0.123. The Morgan fingerprint density at radius 2 is 2.10 bits per heavy atom. The van der Waals surface area contributed by atoms with Crippen molar-refractivity contribution in [1.29, 1.82) is 0 Å². The van der Waals surface area contributed by atoms with Gasteiger partial charge < -0.3 is 19.3 Å². The monoisotopic (exact) mass is 404 g/mol. The molecule has 2 aliphatic heterocycles. The number of hydrogen-bond acceptors (Lipinski definition) is 4. The first-order valence-corrected chi connectivity index (χ1v) is 10.2. The van der Waals surface area contributed by atoms with Gasteiger partial charge in [0.15, 0.2) is 0 Å². The van der Waals surface area contributed by atoms with Crippen molar-refractivity contribution in [3.63, 3.8) is 0 Å². The van der Waals surface area contributed by atoms with Crippen LogP contribution in [0, 0.1) is 11.3 Å². The molecule has 0 radical (unpaired) electrons. The van der Waals surface area contributed by atoms with E-state index >= 15 is 0 Å². The molecule has 0 saturated carbocycles. The van der Waals surface area contributed by atoms with Crippen molar-refractivity contribution in [3.05, 3.63) is 34.6 Å². The van der Waals surface area contributed by atoms with Crippen LogP contribution in [0.5, 0.6) is 0 Å². The third-order valence-corrected chi connectivity index (χ3v) is 7.31. The van der Waals surface area contributed by atoms with Crippen molar-refractivity contribution in [1.82, 2.24) is 9.80 Å². The summed E-state index contributed by atoms with van der Waals surface area (Å²) in [7, 11) is 3.40. The number of hydrogen-bond donors (Lipinski definition) is 0. The Balaban J connectivity index is 1.66. The van der Waals surface area contributed by atoms with Gasteiger partial charge in [-0.3, -0.25) is 4.79 Å². The van der Waals surface area contributed by atoms with E-state index in [2.05, 4.69) is 19.9 Å². The summed E-state index contributed by atoms with van der Waals surface area (Å²) in [5.41, 5.74) is 3.59. The highest BCUT2D eigenvalue weighted by atomic mass is 19.1. The summed E-state index contributed by atoms with van der Waals surface area (Å²) in [5.74, 6) is -0.0119. The summed E-state index contributed by atoms with van der Waals surface area (Å²) < 4.78 is 25.0. The number of likely N-dealkylation sites (N-methyl/N-ethyl adjacent to an activating group) is 1. The SMILES string of the molecule is COC1C=C2C=C3C(=C(C)C(=O)N3C)CC2(C)C(C)C1OC(=O)N1CCC(F)C1. The molecule has 7 heteroatoms. The molecule has 0 aromatic heterocycles. The van der Waals surface area contributed by atoms with Crippen molar-refractivity contribution >= 4 is 12.0 Å². The van der Waals surface area contributed by atoms with E-state index in [1.807, 2.05) is 13.0 Å². The molecule has 0 bridgehead atoms. The molecular weight excluding hydrogens is 375 g/mol. The summed E-state index contributed by atoms with van der Waals surface area (Å²) in [6.07, 6.45) is 2.79. The number of methoxy groups -OCH3 is 1. The lowest BCUT2D eigenvalue weighted by atomic mass is 9.59. The van der Waals surface area contributed by atoms with Gasteiger partial charge in [0.25, 0.3) is 5.91 Å². The summed E-state index contributed by atoms with van der Waals surface area (Å²) in [4.78, 5) is 28.2. The maximum Gasteiger partial charge on any atom is 0.410 e. The number of allylic oxidation sites excluding steroid dienone is 3. The van der Waals surface area contributed by atoms with Crippen LogP contribution in [-0.2, 0) is 14.3 Å². The normalized spacial score (nSPS) is 36.7. The topological polar surface area (TPSA) is 59.1 Å². The van der Waals surface area contributed by atoms with E-state index < -0.39 is 24.5 Å². The zero-order valence-electron chi connectivity index (χ0n) is 17.7. The number of fused-ring (bicyclic) bond motifs is 2. The molecule has 2 aliphatic carbocycles. The molecule has 4 rings (SSSR count). The zero-order chi connectivity index (χ0) is 21.1. The molecule has 5 unspecified atom stereocenters. The van der Waals surface area contributed by atoms with Gasteiger partial charge >= 0.3 is 6.09 Å². The molecule has 4 aliphatic rings. The van der Waals surface area contributed by atoms with E-state index in [4.69, 9.17) is 9.47 Å². The quantitative estimate of drug-likeness (QED) is 0.709. The van der Waals surface area contributed by atoms with Crippen LogP contribution in [0.3, 0.4) is 0 Å². The first-order chi connectivity index (χ1) is 13.7. The molecule has 158 valence electrons. The van der Waals surface area contributed by atoms with Crippen molar-refractivity contribution in [2.24, 2.45) is 11.3 Å². The van der Waals surface area contributed by atoms with Gasteiger partial charge in [-0.05, 0) is 43.1 Å². The highest BCUT2D eigenvalue weighted by Crippen LogP contribution is 2.54. The molecular formula is C22H29FN2O4. The van der Waals surface area contributed by atoms with Crippen LogP contribution in [0.2, 0.25) is 0 Å². The van der Waals surface area contributed by atoms with E-state index in [9.17, 15) is 14.0 Å². The van der Waals surface area contributed by atoms with Crippen LogP contribution in [0.15, 0.2) is 34.6 Å². The average molecular weight is 404 g/mol. The maximum atomic E-state index is 13.5. The molecule has 0 aromatic rings. The van der Waals surface area contributed by atoms with Crippen LogP contribution < -0.4 is 0 Å². The Morgan fingerprint density at radius 3 is 2.72 bits per heavy atom. The second-order valence-corrected chi connectivity index (χ2v) is 8.88. The van der Waals surface area contributed by atoms with Crippen molar-refractivity contribution < 1.29 is 23.5 Å². The minimum absolute atomic E-state index is 0.0304. The van der Waals surface area contributed by atoms with Crippen LogP contribution >= 0.6 is 0 Å². The fraction of sp³-hybridized carbons (Fsp3) is 0.636. The first kappa shape index (κ1) is 20.1. The third-order valence-electron chi connectivity index (χ3n) is 7.31. The molecule has 1 fully saturated rings. The maximum absolute atomic E-state index is 13.5. The second kappa shape index (κ2) is 6.97. The van der Waals surface area contributed by atoms with Gasteiger partial charge in [0.05, 0.1) is 6.54 Å². The largest absolute Gasteiger partial charge is 0.443 e. The number of carbonyl (C=O) groups excluding carboxylic acids is 2. The van der Waals surface area contributed by atoms with E-state index in [0.29, 0.717) is 19.4 Å². The summed E-state index contributed by atoms with van der Waals surface area (Å²) in [6, 6.07) is 0. The van der Waals surface area contributed by atoms with Crippen molar-refractivity contribution in [2.45, 2.75) is 52.0 Å². The predicted octanol–water partition coefficient (Wildman–Crippen LogP) is 3.21. The van der Waals surface area contributed by atoms with E-state index in [1.54, 1.807) is 19.1 Å². The zero-order valence-corrected chi connectivity index (χ0v) is 17.7. The van der Waals surface area contributed by atoms with Gasteiger partial charge in [0.1, 0.15) is 18.4 Å². The Labute approximate surface area is 171 Å². The first-order valence-electron chi connectivity index (χ1n) is 10.2. The summed E-state index contributed by atoms with van der Waals surface area (Å²) >= 11 is 0. The fourth-order valence-electron chi connectivity index (χ4n) is 5.10. The number of alkyl halides is 1. The van der Waals surface area contributed by atoms with Crippen LogP contribution in [0.4, 0.5) is 9.18 Å². The molecule has 6 nitrogen and oxygen atoms in total. The van der Waals surface area contributed by atoms with Crippen LogP contribution in [-0.4, -0.2) is 67.4 Å². The number of halogens is 1. The Morgan fingerprint density at radius 1 is 1.38 bits per heavy atom. The fourth-order valence-corrected chi connectivity index (χ4v) is 5.10. The lowest BCUT2D eigenvalue weighted by Gasteiger charge is -2.49. The third kappa shape index (κ3) is 3.01. The average Bonchev–Trinajstić information content (AvgIpc) is 3.21. The van der Waals surface area contributed by atoms with Gasteiger partial charge in [0.2, 0.25) is 0 Å². The lowest BCUT2D eigenvalue weighted by Crippen LogP contribution is -2.50. The molecule has 5 atom stereocenters. The number of ether oxygens (including phenoxy) is 2. The van der Waals surface area contributed by atoms with E-state index in [0.717, 1.165) is 22.4 Å². The number of carbonyl (C=O) groups is 2. The molecule has 0 N–H and O–H groups in total. The van der Waals surface area contributed by atoms with Gasteiger partial charge in [0, 0.05) is 43.3 Å². The van der Waals surface area contributed by atoms with Gasteiger partial charge in [-0.15, -0.1) is 0 Å². The van der Waals surface area contributed by atoms with Crippen molar-refractivity contribution in [2.75, 3.05) is 27.2 Å². The van der Waals surface area contributed by atoms with E-state index in [1.165, 1.54) is 4.90 Å². The number of amides is 2. The molecule has 29 heavy (non-hydrogen) atoms. The minimum Gasteiger partial charge on any atom is -0.443 e. The molecule has 2 heterocycles. The Bertz CT molecular complexity index is 848. The summed E-state index contributed by atoms with van der Waals surface area (Å²) in [5, 5.41) is 0. The van der Waals surface area contributed by atoms with Crippen LogP contribution in [0.25, 0.3) is 0 Å². The summed E-state index contributed by atoms with van der Waals surface area (Å²) in [6.45, 7) is 6.55. The van der Waals surface area contributed by atoms with Crippen molar-refractivity contribution in [3.8, 4) is 0 Å². The predicted molar refractivity (Wildman–Crippen MR) is 106 cm³/mol. The molecule has 0 spiro atoms. The molecule has 2 amide bonds. The Kier molecular flexibility index (Phi) is 4.84. The van der Waals surface area contributed by atoms with Gasteiger partial charge in [-0.2, -0.15) is 0 Å². The highest BCUT2D eigenvalue weighted by Gasteiger charge is 2.51. The number of rotatable bonds is 2. The molecule has 0 aromatic carbocycles. The number of nitrogens with zero attached hydrogens (tertiary/aromatic N) is 2. The van der Waals surface area contributed by atoms with E-state index in [-0.39, 0.29) is 23.8 Å². The molecule has 1 saturated heterocycles. The standard InChI is InChI=1S/C22H29FN2O4/c1-12-16-10-22(3)13(2)19(29-21(27)25-7-6-15(23)11-25)18(28-5)9-14(22)8-17(16)24(4)20(12)26/h8-9,13,15,18-19H,6-7,10-11H2,1-5H3. The second-order valence-electron chi connectivity index (χ2n) is 8.88. The van der Waals surface area contributed by atoms with Gasteiger partial charge in [-0.25, -0.2) is 9.18 Å². The van der Waals surface area contributed by atoms with Gasteiger partial charge in [-0.1, -0.05) is 13.8 Å². The minimum atomic E-state index is -0.984. The number of likely N-dealkylation sites (tertiary alicyclic amines) is 1. The highest BCUT2D eigenvalue weighted by molar-refractivity contribution is 6.00. The van der Waals surface area contributed by atoms with Crippen LogP contribution in [0.1, 0.15) is 33.6 Å². The smallest absolute Gasteiger partial charge is 0.410 e. The Hall–Kier alpha value is -2.15.